The molecule has 0 saturated carbocycles. The normalized spacial score (nSPS) is 19.7. The van der Waals surface area contributed by atoms with Gasteiger partial charge in [-0.3, -0.25) is 19.3 Å². The first kappa shape index (κ1) is 21.4. The number of carbonyl (C=O) groups excluding carboxylic acids is 3. The predicted molar refractivity (Wildman–Crippen MR) is 123 cm³/mol. The lowest BCUT2D eigenvalue weighted by Gasteiger charge is -2.37. The second-order valence-electron chi connectivity index (χ2n) is 8.78. The maximum Gasteiger partial charge on any atom is 0.262 e. The van der Waals surface area contributed by atoms with Gasteiger partial charge in [-0.05, 0) is 44.4 Å². The van der Waals surface area contributed by atoms with E-state index in [9.17, 15) is 14.4 Å². The summed E-state index contributed by atoms with van der Waals surface area (Å²) in [4.78, 5) is 55.1. The average Bonchev–Trinajstić information content (AvgIpc) is 3.14. The van der Waals surface area contributed by atoms with Crippen molar-refractivity contribution in [2.45, 2.75) is 32.2 Å². The summed E-state index contributed by atoms with van der Waals surface area (Å²) in [5, 5.41) is 0. The third kappa shape index (κ3) is 3.92. The minimum Gasteiger partial charge on any atom is -0.353 e. The van der Waals surface area contributed by atoms with Crippen LogP contribution >= 0.6 is 0 Å². The standard InChI is InChI=1S/C24H28N6O3/c1-17(30-22(32)18-7-3-4-8-19(18)23(30)33)21(31)28-15-13-27(14-16-28)20-9-10-25-24(26-20)29-11-5-2-6-12-29/h3-4,7-10,17H,2,5-6,11-16H2,1H3. The minimum atomic E-state index is -0.839. The SMILES string of the molecule is CC(C(=O)N1CCN(c2ccnc(N3CCCCC3)n2)CC1)N1C(=O)c2ccccc2C1=O. The van der Waals surface area contributed by atoms with Crippen LogP contribution in [0.4, 0.5) is 11.8 Å². The molecule has 0 bridgehead atoms. The Kier molecular flexibility index (Phi) is 5.70. The maximum absolute atomic E-state index is 13.2. The summed E-state index contributed by atoms with van der Waals surface area (Å²) in [6.45, 7) is 5.90. The highest BCUT2D eigenvalue weighted by Gasteiger charge is 2.42. The Bertz CT molecular complexity index is 1040. The summed E-state index contributed by atoms with van der Waals surface area (Å²) in [5.74, 6) is 0.625. The van der Waals surface area contributed by atoms with E-state index in [-0.39, 0.29) is 5.91 Å². The first-order valence-electron chi connectivity index (χ1n) is 11.6. The molecule has 1 aromatic carbocycles. The molecule has 2 fully saturated rings. The van der Waals surface area contributed by atoms with Crippen LogP contribution < -0.4 is 9.80 Å². The quantitative estimate of drug-likeness (QED) is 0.659. The van der Waals surface area contributed by atoms with Crippen molar-refractivity contribution < 1.29 is 14.4 Å². The van der Waals surface area contributed by atoms with Crippen LogP contribution in [0.5, 0.6) is 0 Å². The van der Waals surface area contributed by atoms with Gasteiger partial charge >= 0.3 is 0 Å². The number of fused-ring (bicyclic) bond motifs is 1. The number of rotatable bonds is 4. The van der Waals surface area contributed by atoms with Crippen molar-refractivity contribution in [3.05, 3.63) is 47.7 Å². The molecule has 9 nitrogen and oxygen atoms in total. The number of benzene rings is 1. The second kappa shape index (κ2) is 8.80. The molecule has 1 aromatic heterocycles. The molecular formula is C24H28N6O3. The Hall–Kier alpha value is -3.49. The summed E-state index contributed by atoms with van der Waals surface area (Å²) in [7, 11) is 0. The molecule has 4 heterocycles. The van der Waals surface area contributed by atoms with Gasteiger partial charge in [0.15, 0.2) is 0 Å². The van der Waals surface area contributed by atoms with E-state index in [0.717, 1.165) is 29.8 Å². The van der Waals surface area contributed by atoms with Crippen molar-refractivity contribution >= 4 is 29.5 Å². The predicted octanol–water partition coefficient (Wildman–Crippen LogP) is 1.80. The van der Waals surface area contributed by atoms with Crippen molar-refractivity contribution in [3.8, 4) is 0 Å². The Morgan fingerprint density at radius 2 is 1.48 bits per heavy atom. The summed E-state index contributed by atoms with van der Waals surface area (Å²) in [5.41, 5.74) is 0.723. The first-order chi connectivity index (χ1) is 16.0. The fourth-order valence-electron chi connectivity index (χ4n) is 4.85. The number of amides is 3. The van der Waals surface area contributed by atoms with Gasteiger partial charge < -0.3 is 14.7 Å². The van der Waals surface area contributed by atoms with Gasteiger partial charge in [0, 0.05) is 45.5 Å². The van der Waals surface area contributed by atoms with Crippen molar-refractivity contribution in [3.63, 3.8) is 0 Å². The maximum atomic E-state index is 13.2. The smallest absolute Gasteiger partial charge is 0.262 e. The highest BCUT2D eigenvalue weighted by molar-refractivity contribution is 6.22. The Morgan fingerprint density at radius 3 is 2.12 bits per heavy atom. The molecular weight excluding hydrogens is 420 g/mol. The second-order valence-corrected chi connectivity index (χ2v) is 8.78. The van der Waals surface area contributed by atoms with E-state index in [1.54, 1.807) is 42.3 Å². The number of imide groups is 1. The lowest BCUT2D eigenvalue weighted by atomic mass is 10.1. The van der Waals surface area contributed by atoms with Crippen molar-refractivity contribution in [2.75, 3.05) is 49.1 Å². The zero-order chi connectivity index (χ0) is 22.9. The van der Waals surface area contributed by atoms with Crippen molar-refractivity contribution in [2.24, 2.45) is 0 Å². The molecule has 3 aliphatic rings. The lowest BCUT2D eigenvalue weighted by Crippen LogP contribution is -2.55. The van der Waals surface area contributed by atoms with Gasteiger partial charge in [-0.1, -0.05) is 12.1 Å². The molecule has 0 radical (unpaired) electrons. The number of anilines is 2. The molecule has 33 heavy (non-hydrogen) atoms. The van der Waals surface area contributed by atoms with Crippen molar-refractivity contribution in [1.82, 2.24) is 19.8 Å². The van der Waals surface area contributed by atoms with E-state index in [1.165, 1.54) is 19.3 Å². The molecule has 0 aliphatic carbocycles. The molecule has 3 aliphatic heterocycles. The molecule has 172 valence electrons. The lowest BCUT2D eigenvalue weighted by molar-refractivity contribution is -0.135. The summed E-state index contributed by atoms with van der Waals surface area (Å²) in [6.07, 6.45) is 5.39. The number of piperidine rings is 1. The number of nitrogens with zero attached hydrogens (tertiary/aromatic N) is 6. The topological polar surface area (TPSA) is 90.0 Å². The van der Waals surface area contributed by atoms with E-state index in [0.29, 0.717) is 37.3 Å². The molecule has 5 rings (SSSR count). The third-order valence-corrected chi connectivity index (χ3v) is 6.75. The number of piperazine rings is 1. The van der Waals surface area contributed by atoms with Gasteiger partial charge in [0.25, 0.3) is 11.8 Å². The molecule has 1 unspecified atom stereocenters. The number of hydrogen-bond acceptors (Lipinski definition) is 7. The summed E-state index contributed by atoms with van der Waals surface area (Å²) >= 11 is 0. The van der Waals surface area contributed by atoms with Gasteiger partial charge in [-0.15, -0.1) is 0 Å². The number of carbonyl (C=O) groups is 3. The molecule has 0 N–H and O–H groups in total. The average molecular weight is 449 g/mol. The Labute approximate surface area is 193 Å². The van der Waals surface area contributed by atoms with E-state index in [4.69, 9.17) is 4.98 Å². The highest BCUT2D eigenvalue weighted by atomic mass is 16.2. The van der Waals surface area contributed by atoms with E-state index < -0.39 is 17.9 Å². The van der Waals surface area contributed by atoms with Gasteiger partial charge in [0.2, 0.25) is 11.9 Å². The van der Waals surface area contributed by atoms with Gasteiger partial charge in [0.1, 0.15) is 11.9 Å². The molecule has 9 heteroatoms. The van der Waals surface area contributed by atoms with Crippen LogP contribution in [0.1, 0.15) is 46.9 Å². The van der Waals surface area contributed by atoms with Gasteiger partial charge in [-0.25, -0.2) is 4.98 Å². The zero-order valence-corrected chi connectivity index (χ0v) is 18.8. The van der Waals surface area contributed by atoms with Gasteiger partial charge in [-0.2, -0.15) is 4.98 Å². The first-order valence-corrected chi connectivity index (χ1v) is 11.6. The molecule has 1 atom stereocenters. The molecule has 2 aromatic rings. The molecule has 2 saturated heterocycles. The van der Waals surface area contributed by atoms with Crippen LogP contribution in [-0.2, 0) is 4.79 Å². The number of aromatic nitrogens is 2. The van der Waals surface area contributed by atoms with Crippen molar-refractivity contribution in [1.29, 1.82) is 0 Å². The van der Waals surface area contributed by atoms with Crippen LogP contribution in [0.2, 0.25) is 0 Å². The largest absolute Gasteiger partial charge is 0.353 e. The zero-order valence-electron chi connectivity index (χ0n) is 18.8. The van der Waals surface area contributed by atoms with Crippen LogP contribution in [0.15, 0.2) is 36.5 Å². The van der Waals surface area contributed by atoms with Gasteiger partial charge in [0.05, 0.1) is 11.1 Å². The Morgan fingerprint density at radius 1 is 0.848 bits per heavy atom. The third-order valence-electron chi connectivity index (χ3n) is 6.75. The van der Waals surface area contributed by atoms with Crippen LogP contribution in [0.3, 0.4) is 0 Å². The monoisotopic (exact) mass is 448 g/mol. The summed E-state index contributed by atoms with van der Waals surface area (Å²) in [6, 6.07) is 7.78. The molecule has 0 spiro atoms. The van der Waals surface area contributed by atoms with Crippen LogP contribution in [0.25, 0.3) is 0 Å². The fraction of sp³-hybridized carbons (Fsp3) is 0.458. The Balaban J connectivity index is 1.22. The van der Waals surface area contributed by atoms with E-state index >= 15 is 0 Å². The number of hydrogen-bond donors (Lipinski definition) is 0. The highest BCUT2D eigenvalue weighted by Crippen LogP contribution is 2.26. The summed E-state index contributed by atoms with van der Waals surface area (Å²) < 4.78 is 0. The van der Waals surface area contributed by atoms with Crippen LogP contribution in [0, 0.1) is 0 Å². The van der Waals surface area contributed by atoms with E-state index in [1.807, 2.05) is 6.07 Å². The minimum absolute atomic E-state index is 0.208. The fourth-order valence-corrected chi connectivity index (χ4v) is 4.85. The molecule has 3 amide bonds. The van der Waals surface area contributed by atoms with E-state index in [2.05, 4.69) is 14.8 Å². The van der Waals surface area contributed by atoms with Crippen LogP contribution in [-0.4, -0.2) is 82.8 Å².